The molecule has 0 spiro atoms. The van der Waals surface area contributed by atoms with Crippen molar-refractivity contribution >= 4 is 16.1 Å². The molecule has 15 heavy (non-hydrogen) atoms. The van der Waals surface area contributed by atoms with Crippen LogP contribution in [0.3, 0.4) is 0 Å². The molecule has 1 unspecified atom stereocenters. The third kappa shape index (κ3) is 6.53. The van der Waals surface area contributed by atoms with Gasteiger partial charge in [0.05, 0.1) is 13.3 Å². The van der Waals surface area contributed by atoms with Crippen molar-refractivity contribution in [2.45, 2.75) is 70.8 Å². The highest BCUT2D eigenvalue weighted by Crippen LogP contribution is 2.33. The summed E-state index contributed by atoms with van der Waals surface area (Å²) in [6.07, 6.45) is 2.55. The first-order chi connectivity index (χ1) is 6.46. The Kier molecular flexibility index (Phi) is 5.28. The van der Waals surface area contributed by atoms with Gasteiger partial charge in [-0.2, -0.15) is 0 Å². The van der Waals surface area contributed by atoms with Gasteiger partial charge in [0.15, 0.2) is 0 Å². The second-order valence-corrected chi connectivity index (χ2v) is 19.0. The molecule has 0 bridgehead atoms. The van der Waals surface area contributed by atoms with Crippen molar-refractivity contribution in [3.63, 3.8) is 0 Å². The van der Waals surface area contributed by atoms with Crippen LogP contribution in [0.1, 0.15) is 19.8 Å². The van der Waals surface area contributed by atoms with E-state index in [-0.39, 0.29) is 5.22 Å². The van der Waals surface area contributed by atoms with Crippen molar-refractivity contribution in [1.82, 2.24) is 0 Å². The number of ether oxygens (including phenoxy) is 1. The minimum Gasteiger partial charge on any atom is -0.379 e. The predicted molar refractivity (Wildman–Crippen MR) is 76.1 cm³/mol. The first kappa shape index (κ1) is 15.4. The standard InChI is InChI=1S/C8H18OSi.C4H12Si/c1-8(10(2,3)4)6-5-7-9-8;1-5(2,3)4/h5-7H2,1-4H3;1-4H3. The van der Waals surface area contributed by atoms with Gasteiger partial charge in [-0.15, -0.1) is 0 Å². The van der Waals surface area contributed by atoms with Gasteiger partial charge in [0, 0.05) is 14.7 Å². The molecule has 1 saturated heterocycles. The molecule has 1 fully saturated rings. The van der Waals surface area contributed by atoms with E-state index in [1.54, 1.807) is 0 Å². The molecule has 0 amide bonds. The van der Waals surface area contributed by atoms with Crippen molar-refractivity contribution in [3.8, 4) is 0 Å². The summed E-state index contributed by atoms with van der Waals surface area (Å²) in [5.74, 6) is 0. The van der Waals surface area contributed by atoms with E-state index in [1.165, 1.54) is 12.8 Å². The van der Waals surface area contributed by atoms with Gasteiger partial charge in [-0.25, -0.2) is 0 Å². The lowest BCUT2D eigenvalue weighted by Crippen LogP contribution is -2.49. The van der Waals surface area contributed by atoms with E-state index in [4.69, 9.17) is 4.74 Å². The summed E-state index contributed by atoms with van der Waals surface area (Å²) in [7, 11) is -1.68. The van der Waals surface area contributed by atoms with Crippen LogP contribution in [0, 0.1) is 0 Å². The van der Waals surface area contributed by atoms with Crippen LogP contribution in [0.15, 0.2) is 0 Å². The second kappa shape index (κ2) is 5.15. The molecular formula is C12H30OSi2. The smallest absolute Gasteiger partial charge is 0.0820 e. The molecule has 0 aromatic heterocycles. The lowest BCUT2D eigenvalue weighted by atomic mass is 10.2. The Hall–Kier alpha value is 0.394. The van der Waals surface area contributed by atoms with E-state index in [9.17, 15) is 0 Å². The first-order valence-electron chi connectivity index (χ1n) is 6.10. The Morgan fingerprint density at radius 3 is 1.47 bits per heavy atom. The monoisotopic (exact) mass is 246 g/mol. The zero-order chi connectivity index (χ0) is 12.3. The molecule has 1 aliphatic rings. The maximum absolute atomic E-state index is 5.77. The molecule has 0 aromatic carbocycles. The van der Waals surface area contributed by atoms with Crippen molar-refractivity contribution in [3.05, 3.63) is 0 Å². The maximum atomic E-state index is 5.77. The minimum atomic E-state index is -1.07. The molecule has 3 heteroatoms. The summed E-state index contributed by atoms with van der Waals surface area (Å²) in [5, 5.41) is 0.271. The number of hydrogen-bond donors (Lipinski definition) is 0. The highest BCUT2D eigenvalue weighted by Gasteiger charge is 2.42. The SMILES string of the molecule is CC1([Si](C)(C)C)CCCO1.C[Si](C)(C)C. The van der Waals surface area contributed by atoms with Crippen molar-refractivity contribution in [2.24, 2.45) is 0 Å². The number of hydrogen-bond acceptors (Lipinski definition) is 1. The van der Waals surface area contributed by atoms with Crippen molar-refractivity contribution < 1.29 is 4.74 Å². The fraction of sp³-hybridized carbons (Fsp3) is 1.00. The van der Waals surface area contributed by atoms with Gasteiger partial charge in [0.25, 0.3) is 0 Å². The van der Waals surface area contributed by atoms with E-state index < -0.39 is 16.1 Å². The average molecular weight is 247 g/mol. The van der Waals surface area contributed by atoms with E-state index in [0.717, 1.165) is 6.61 Å². The van der Waals surface area contributed by atoms with Crippen LogP contribution in [0.2, 0.25) is 45.8 Å². The van der Waals surface area contributed by atoms with Crippen LogP contribution in [0.25, 0.3) is 0 Å². The zero-order valence-electron chi connectivity index (χ0n) is 12.0. The molecule has 0 N–H and O–H groups in total. The Morgan fingerprint density at radius 2 is 1.33 bits per heavy atom. The highest BCUT2D eigenvalue weighted by molar-refractivity contribution is 6.78. The molecule has 1 atom stereocenters. The molecule has 1 nitrogen and oxygen atoms in total. The first-order valence-corrected chi connectivity index (χ1v) is 13.6. The summed E-state index contributed by atoms with van der Waals surface area (Å²) in [4.78, 5) is 0. The third-order valence-corrected chi connectivity index (χ3v) is 6.37. The predicted octanol–water partition coefficient (Wildman–Crippen LogP) is 4.39. The van der Waals surface area contributed by atoms with Crippen LogP contribution in [0.5, 0.6) is 0 Å². The fourth-order valence-electron chi connectivity index (χ4n) is 1.37. The molecule has 0 aromatic rings. The summed E-state index contributed by atoms with van der Waals surface area (Å²) in [6.45, 7) is 19.7. The minimum absolute atomic E-state index is 0.271. The Bertz CT molecular complexity index is 177. The molecule has 1 heterocycles. The van der Waals surface area contributed by atoms with Crippen LogP contribution in [0.4, 0.5) is 0 Å². The van der Waals surface area contributed by atoms with Crippen molar-refractivity contribution in [1.29, 1.82) is 0 Å². The summed E-state index contributed by atoms with van der Waals surface area (Å²) < 4.78 is 5.77. The van der Waals surface area contributed by atoms with Gasteiger partial charge in [-0.05, 0) is 19.8 Å². The van der Waals surface area contributed by atoms with Crippen molar-refractivity contribution in [2.75, 3.05) is 6.61 Å². The van der Waals surface area contributed by atoms with Gasteiger partial charge in [-0.3, -0.25) is 0 Å². The van der Waals surface area contributed by atoms with E-state index >= 15 is 0 Å². The number of rotatable bonds is 1. The van der Waals surface area contributed by atoms with Gasteiger partial charge in [0.2, 0.25) is 0 Å². The molecule has 1 aliphatic heterocycles. The Balaban J connectivity index is 0.000000336. The molecule has 92 valence electrons. The van der Waals surface area contributed by atoms with Gasteiger partial charge < -0.3 is 4.74 Å². The Morgan fingerprint density at radius 1 is 0.933 bits per heavy atom. The maximum Gasteiger partial charge on any atom is 0.0820 e. The quantitative estimate of drug-likeness (QED) is 0.624. The van der Waals surface area contributed by atoms with E-state index in [1.807, 2.05) is 0 Å². The lowest BCUT2D eigenvalue weighted by molar-refractivity contribution is 0.0801. The van der Waals surface area contributed by atoms with Gasteiger partial charge in [0.1, 0.15) is 0 Å². The second-order valence-electron chi connectivity index (χ2n) is 7.43. The van der Waals surface area contributed by atoms with E-state index in [2.05, 4.69) is 52.8 Å². The lowest BCUT2D eigenvalue weighted by Gasteiger charge is -2.35. The average Bonchev–Trinajstić information content (AvgIpc) is 2.30. The molecule has 0 saturated carbocycles. The summed E-state index contributed by atoms with van der Waals surface area (Å²) >= 11 is 0. The summed E-state index contributed by atoms with van der Waals surface area (Å²) in [5.41, 5.74) is 0. The fourth-order valence-corrected chi connectivity index (χ4v) is 2.83. The van der Waals surface area contributed by atoms with E-state index in [0.29, 0.717) is 0 Å². The van der Waals surface area contributed by atoms with Gasteiger partial charge >= 0.3 is 0 Å². The molecule has 0 radical (unpaired) electrons. The third-order valence-electron chi connectivity index (χ3n) is 2.81. The zero-order valence-corrected chi connectivity index (χ0v) is 14.0. The molecule has 1 rings (SSSR count). The summed E-state index contributed by atoms with van der Waals surface area (Å²) in [6, 6.07) is 0. The van der Waals surface area contributed by atoms with Gasteiger partial charge in [-0.1, -0.05) is 45.8 Å². The molecule has 0 aliphatic carbocycles. The van der Waals surface area contributed by atoms with Crippen LogP contribution in [-0.4, -0.2) is 28.0 Å². The highest BCUT2D eigenvalue weighted by atomic mass is 28.3. The largest absolute Gasteiger partial charge is 0.379 e. The normalized spacial score (nSPS) is 27.2. The molecular weight excluding hydrogens is 216 g/mol. The van der Waals surface area contributed by atoms with Crippen LogP contribution < -0.4 is 0 Å². The Labute approximate surface area is 98.6 Å². The van der Waals surface area contributed by atoms with Crippen LogP contribution >= 0.6 is 0 Å². The van der Waals surface area contributed by atoms with Crippen LogP contribution in [-0.2, 0) is 4.74 Å². The topological polar surface area (TPSA) is 9.23 Å².